The summed E-state index contributed by atoms with van der Waals surface area (Å²) in [6.07, 6.45) is 0. The van der Waals surface area contributed by atoms with E-state index in [0.717, 1.165) is 25.2 Å². The summed E-state index contributed by atoms with van der Waals surface area (Å²) in [5, 5.41) is 11.3. The minimum atomic E-state index is -5.74. The number of methoxy groups -OCH3 is 1. The van der Waals surface area contributed by atoms with Gasteiger partial charge in [0.15, 0.2) is 0 Å². The fourth-order valence-corrected chi connectivity index (χ4v) is 3.85. The van der Waals surface area contributed by atoms with Crippen molar-refractivity contribution in [2.24, 2.45) is 5.73 Å². The molecule has 0 aliphatic rings. The Morgan fingerprint density at radius 1 is 1.12 bits per heavy atom. The molecule has 2 aromatic rings. The Morgan fingerprint density at radius 2 is 1.61 bits per heavy atom. The number of hydrogen-bond acceptors (Lipinski definition) is 5. The normalized spacial score (nSPS) is 13.8. The van der Waals surface area contributed by atoms with Crippen LogP contribution in [0.15, 0.2) is 48.5 Å². The molecule has 2 rings (SSSR count). The number of rotatable bonds is 6. The first kappa shape index (κ1) is 26.1. The molecule has 0 bridgehead atoms. The Bertz CT molecular complexity index is 1180. The van der Waals surface area contributed by atoms with Gasteiger partial charge < -0.3 is 5.11 Å². The summed E-state index contributed by atoms with van der Waals surface area (Å²) in [5.74, 6) is 9.26. The molecule has 0 heterocycles. The van der Waals surface area contributed by atoms with Crippen molar-refractivity contribution in [2.45, 2.75) is 23.1 Å². The van der Waals surface area contributed by atoms with Crippen LogP contribution in [0.1, 0.15) is 34.0 Å². The van der Waals surface area contributed by atoms with Crippen molar-refractivity contribution >= 4 is 35.5 Å². The van der Waals surface area contributed by atoms with Crippen molar-refractivity contribution < 1.29 is 25.2 Å². The number of halogens is 3. The summed E-state index contributed by atoms with van der Waals surface area (Å²) in [6.45, 7) is 0.945. The molecule has 0 saturated carbocycles. The Morgan fingerprint density at radius 3 is 2.03 bits per heavy atom. The summed E-state index contributed by atoms with van der Waals surface area (Å²) in [7, 11) is 1.02. The van der Waals surface area contributed by atoms with E-state index in [1.54, 1.807) is 36.4 Å². The molecule has 0 spiro atoms. The maximum absolute atomic E-state index is 14.0. The zero-order valence-corrected chi connectivity index (χ0v) is 20.2. The molecule has 0 aliphatic carbocycles. The van der Waals surface area contributed by atoms with E-state index in [1.165, 1.54) is 12.1 Å². The number of benzene rings is 2. The number of hydrogen-bond donors (Lipinski definition) is 3. The van der Waals surface area contributed by atoms with Crippen LogP contribution in [0.4, 0.5) is 5.72 Å². The van der Waals surface area contributed by atoms with Crippen LogP contribution >= 0.6 is 19.1 Å². The second-order valence-corrected chi connectivity index (χ2v) is 12.4. The van der Waals surface area contributed by atoms with Gasteiger partial charge in [0.2, 0.25) is 0 Å². The Hall–Kier alpha value is -3.12. The third kappa shape index (κ3) is 6.93. The van der Waals surface area contributed by atoms with E-state index in [4.69, 9.17) is 10.8 Å². The number of aliphatic hydroxyl groups is 1. The topological polar surface area (TPSA) is 102 Å². The molecule has 6 nitrogen and oxygen atoms in total. The number of carbonyl (C=O) groups excluding carboxylic acids is 2. The van der Waals surface area contributed by atoms with Gasteiger partial charge in [0.05, 0.1) is 6.61 Å². The third-order valence-corrected chi connectivity index (χ3v) is 8.66. The van der Waals surface area contributed by atoms with Crippen LogP contribution < -0.4 is 11.1 Å². The molecule has 0 radical (unpaired) electrons. The number of carbonyl (C=O) groups is 2. The third-order valence-electron chi connectivity index (χ3n) is 4.63. The molecular formula is C24H23F2IN2O4. The molecule has 174 valence electrons. The molecule has 9 heteroatoms. The van der Waals surface area contributed by atoms with Crippen LogP contribution in [0.2, 0.25) is 0 Å². The van der Waals surface area contributed by atoms with Crippen molar-refractivity contribution in [3.05, 3.63) is 70.8 Å². The van der Waals surface area contributed by atoms with Crippen LogP contribution in [-0.2, 0) is 16.1 Å². The molecular weight excluding hydrogens is 545 g/mol. The molecule has 0 aliphatic heterocycles. The van der Waals surface area contributed by atoms with E-state index in [2.05, 4.69) is 38.3 Å². The first-order chi connectivity index (χ1) is 15.5. The molecule has 2 atom stereocenters. The molecule has 4 N–H and O–H groups in total. The average Bonchev–Trinajstić information content (AvgIpc) is 2.79. The van der Waals surface area contributed by atoms with Crippen LogP contribution in [0, 0.1) is 23.7 Å². The van der Waals surface area contributed by atoms with Gasteiger partial charge in [-0.05, 0) is 17.7 Å². The average molecular weight is 568 g/mol. The second kappa shape index (κ2) is 11.1. The molecule has 2 aromatic carbocycles. The van der Waals surface area contributed by atoms with Crippen LogP contribution in [0.3, 0.4) is 0 Å². The quantitative estimate of drug-likeness (QED) is 0.164. The summed E-state index contributed by atoms with van der Waals surface area (Å²) in [5.41, 5.74) is 7.93. The van der Waals surface area contributed by atoms with Crippen molar-refractivity contribution in [1.82, 2.24) is 5.32 Å². The van der Waals surface area contributed by atoms with Crippen LogP contribution in [0.25, 0.3) is 0 Å². The van der Waals surface area contributed by atoms with E-state index >= 15 is 0 Å². The summed E-state index contributed by atoms with van der Waals surface area (Å²) >= 11 is -5.74. The number of esters is 1. The molecule has 0 unspecified atom stereocenters. The first-order valence-corrected chi connectivity index (χ1v) is 13.7. The van der Waals surface area contributed by atoms with Gasteiger partial charge in [-0.3, -0.25) is 0 Å². The van der Waals surface area contributed by atoms with Gasteiger partial charge in [-0.2, -0.15) is 0 Å². The Kier molecular flexibility index (Phi) is 8.83. The summed E-state index contributed by atoms with van der Waals surface area (Å²) in [4.78, 5) is 24.5. The molecule has 1 amide bonds. The van der Waals surface area contributed by atoms with Gasteiger partial charge >= 0.3 is 149 Å². The van der Waals surface area contributed by atoms with Crippen LogP contribution in [0.5, 0.6) is 0 Å². The second-order valence-electron chi connectivity index (χ2n) is 7.05. The van der Waals surface area contributed by atoms with Crippen molar-refractivity contribution in [2.75, 3.05) is 7.11 Å². The zero-order chi connectivity index (χ0) is 24.6. The van der Waals surface area contributed by atoms with E-state index in [1.807, 2.05) is 0 Å². The first-order valence-electron chi connectivity index (χ1n) is 9.48. The Balaban J connectivity index is 2.12. The van der Waals surface area contributed by atoms with Crippen molar-refractivity contribution in [3.63, 3.8) is 0 Å². The van der Waals surface area contributed by atoms with E-state index in [9.17, 15) is 15.3 Å². The fourth-order valence-electron chi connectivity index (χ4n) is 2.53. The van der Waals surface area contributed by atoms with Gasteiger partial charge in [0.1, 0.15) is 0 Å². The molecule has 0 saturated heterocycles. The number of ether oxygens (including phenoxy) is 1. The van der Waals surface area contributed by atoms with E-state index < -0.39 is 40.6 Å². The predicted octanol–water partition coefficient (Wildman–Crippen LogP) is 2.77. The van der Waals surface area contributed by atoms with Gasteiger partial charge in [-0.1, -0.05) is 12.1 Å². The monoisotopic (exact) mass is 568 g/mol. The number of amides is 1. The fraction of sp³-hybridized carbons (Fsp3) is 0.208. The van der Waals surface area contributed by atoms with Gasteiger partial charge in [-0.25, -0.2) is 0 Å². The Labute approximate surface area is 196 Å². The zero-order valence-electron chi connectivity index (χ0n) is 18.0. The van der Waals surface area contributed by atoms with Gasteiger partial charge in [0.25, 0.3) is 0 Å². The number of nitrogens with one attached hydrogen (secondary N) is 1. The standard InChI is InChI=1S/C24H23F2IN2O4/c1-24(28,27(2,25)26)21(23(32)33-3)29-22(31)20-14-12-18(13-15-20)7-5-4-6-17-8-10-19(16-30)11-9-17/h8-15,21,30H,2,16,28H2,1,3H3,(H,29,31)/t21-,24+/m1/s1. The van der Waals surface area contributed by atoms with Gasteiger partial charge in [-0.15, -0.1) is 0 Å². The number of aliphatic hydroxyl groups excluding tert-OH is 1. The predicted molar refractivity (Wildman–Crippen MR) is 132 cm³/mol. The molecule has 0 fully saturated rings. The van der Waals surface area contributed by atoms with E-state index in [0.29, 0.717) is 5.56 Å². The minimum absolute atomic E-state index is 0.0407. The molecule has 0 aromatic heterocycles. The summed E-state index contributed by atoms with van der Waals surface area (Å²) in [6, 6.07) is 11.3. The maximum atomic E-state index is 14.0. The van der Waals surface area contributed by atoms with Crippen molar-refractivity contribution in [3.8, 4) is 23.7 Å². The number of alkyl halides is 1. The number of nitrogens with two attached hydrogens (primary N) is 1. The summed E-state index contributed by atoms with van der Waals surface area (Å²) < 4.78 is 33.1. The van der Waals surface area contributed by atoms with Crippen molar-refractivity contribution in [1.29, 1.82) is 0 Å². The SMILES string of the molecule is C=I(F)(F)[C@@](C)(N)[C@H](NC(=O)c1ccc(C#CC#Cc2ccc(CO)cc2)cc1)C(=O)OC. The van der Waals surface area contributed by atoms with E-state index in [-0.39, 0.29) is 12.2 Å². The van der Waals surface area contributed by atoms with Gasteiger partial charge in [0, 0.05) is 5.56 Å². The van der Waals surface area contributed by atoms with Crippen LogP contribution in [-0.4, -0.2) is 38.2 Å². The molecule has 33 heavy (non-hydrogen) atoms.